The summed E-state index contributed by atoms with van der Waals surface area (Å²) in [6, 6.07) is 14.4. The number of hydrogen-bond donors (Lipinski definition) is 3. The highest BCUT2D eigenvalue weighted by molar-refractivity contribution is 5.94. The molecule has 1 saturated carbocycles. The van der Waals surface area contributed by atoms with Crippen LogP contribution in [0.3, 0.4) is 0 Å². The van der Waals surface area contributed by atoms with Crippen molar-refractivity contribution in [1.82, 2.24) is 15.8 Å². The molecule has 0 radical (unpaired) electrons. The van der Waals surface area contributed by atoms with Gasteiger partial charge in [-0.1, -0.05) is 61.4 Å². The Bertz CT molecular complexity index is 1140. The van der Waals surface area contributed by atoms with Crippen molar-refractivity contribution in [3.8, 4) is 11.1 Å². The minimum atomic E-state index is -1.24. The fourth-order valence-electron chi connectivity index (χ4n) is 5.50. The number of carboxylic acids is 1. The molecule has 3 atom stereocenters. The van der Waals surface area contributed by atoms with Gasteiger partial charge in [-0.25, -0.2) is 14.6 Å². The van der Waals surface area contributed by atoms with Gasteiger partial charge in [0.1, 0.15) is 6.61 Å². The number of hydrogen-bond acceptors (Lipinski definition) is 5. The van der Waals surface area contributed by atoms with Crippen LogP contribution >= 0.6 is 0 Å². The normalized spacial score (nSPS) is 23.3. The predicted octanol–water partition coefficient (Wildman–Crippen LogP) is 2.80. The number of amides is 3. The van der Waals surface area contributed by atoms with Crippen LogP contribution in [0.4, 0.5) is 4.79 Å². The Hall–Kier alpha value is -3.88. The average molecular weight is 478 g/mol. The van der Waals surface area contributed by atoms with Gasteiger partial charge >= 0.3 is 12.1 Å². The van der Waals surface area contributed by atoms with E-state index in [1.807, 2.05) is 36.4 Å². The largest absolute Gasteiger partial charge is 0.480 e. The van der Waals surface area contributed by atoms with E-state index in [0.29, 0.717) is 12.8 Å². The summed E-state index contributed by atoms with van der Waals surface area (Å²) < 4.78 is 5.63. The topological polar surface area (TPSA) is 125 Å². The number of carbonyl (C=O) groups excluding carboxylic acids is 3. The summed E-state index contributed by atoms with van der Waals surface area (Å²) in [6.45, 7) is 0.161. The molecule has 2 aliphatic carbocycles. The van der Waals surface area contributed by atoms with E-state index in [1.165, 1.54) is 0 Å². The Morgan fingerprint density at radius 1 is 1.00 bits per heavy atom. The molecule has 1 heterocycles. The number of aliphatic carboxylic acids is 1. The van der Waals surface area contributed by atoms with E-state index in [-0.39, 0.29) is 18.9 Å². The summed E-state index contributed by atoms with van der Waals surface area (Å²) in [7, 11) is 0. The Kier molecular flexibility index (Phi) is 6.15. The highest BCUT2D eigenvalue weighted by Crippen LogP contribution is 2.44. The Balaban J connectivity index is 1.25. The molecular weight excluding hydrogens is 450 g/mol. The highest BCUT2D eigenvalue weighted by atomic mass is 16.5. The molecule has 0 aromatic heterocycles. The number of alkyl carbamates (subject to hydrolysis) is 1. The summed E-state index contributed by atoms with van der Waals surface area (Å²) in [5.74, 6) is -2.96. The van der Waals surface area contributed by atoms with Crippen molar-refractivity contribution >= 4 is 23.9 Å². The zero-order chi connectivity index (χ0) is 24.5. The van der Waals surface area contributed by atoms with E-state index in [4.69, 9.17) is 4.74 Å². The predicted molar refractivity (Wildman–Crippen MR) is 125 cm³/mol. The van der Waals surface area contributed by atoms with Crippen molar-refractivity contribution in [2.24, 2.45) is 5.92 Å². The molecule has 1 aliphatic heterocycles. The second kappa shape index (κ2) is 9.40. The summed E-state index contributed by atoms with van der Waals surface area (Å²) in [4.78, 5) is 49.2. The fourth-order valence-corrected chi connectivity index (χ4v) is 5.50. The molecule has 2 aromatic carbocycles. The molecule has 9 nitrogen and oxygen atoms in total. The van der Waals surface area contributed by atoms with Gasteiger partial charge in [-0.05, 0) is 35.1 Å². The molecule has 3 aliphatic rings. The number of benzene rings is 2. The molecule has 2 fully saturated rings. The van der Waals surface area contributed by atoms with E-state index in [2.05, 4.69) is 22.9 Å². The molecule has 2 aromatic rings. The number of hydrazine groups is 1. The lowest BCUT2D eigenvalue weighted by molar-refractivity contribution is -0.153. The zero-order valence-electron chi connectivity index (χ0n) is 19.1. The van der Waals surface area contributed by atoms with Crippen molar-refractivity contribution in [3.63, 3.8) is 0 Å². The summed E-state index contributed by atoms with van der Waals surface area (Å²) in [5.41, 5.74) is 6.84. The first-order valence-electron chi connectivity index (χ1n) is 11.9. The van der Waals surface area contributed by atoms with Crippen LogP contribution in [-0.4, -0.2) is 52.7 Å². The zero-order valence-corrected chi connectivity index (χ0v) is 19.1. The maximum absolute atomic E-state index is 13.2. The van der Waals surface area contributed by atoms with Gasteiger partial charge in [0.2, 0.25) is 11.8 Å². The van der Waals surface area contributed by atoms with Gasteiger partial charge in [-0.15, -0.1) is 0 Å². The van der Waals surface area contributed by atoms with Crippen LogP contribution in [-0.2, 0) is 19.1 Å². The minimum absolute atomic E-state index is 0.0759. The third-order valence-corrected chi connectivity index (χ3v) is 7.19. The first kappa shape index (κ1) is 22.9. The summed E-state index contributed by atoms with van der Waals surface area (Å²) in [5, 5.41) is 13.1. The van der Waals surface area contributed by atoms with E-state index in [1.54, 1.807) is 0 Å². The summed E-state index contributed by atoms with van der Waals surface area (Å²) >= 11 is 0. The highest BCUT2D eigenvalue weighted by Gasteiger charge is 2.44. The van der Waals surface area contributed by atoms with E-state index < -0.39 is 41.9 Å². The van der Waals surface area contributed by atoms with Crippen molar-refractivity contribution in [2.45, 2.75) is 50.1 Å². The number of carbonyl (C=O) groups is 4. The third-order valence-electron chi connectivity index (χ3n) is 7.19. The van der Waals surface area contributed by atoms with Crippen molar-refractivity contribution in [2.75, 3.05) is 6.61 Å². The summed E-state index contributed by atoms with van der Waals surface area (Å²) in [6.07, 6.45) is 1.77. The number of carboxylic acid groups (broad SMARTS) is 1. The molecule has 9 heteroatoms. The molecule has 5 rings (SSSR count). The molecule has 182 valence electrons. The maximum atomic E-state index is 13.2. The molecule has 3 amide bonds. The van der Waals surface area contributed by atoms with Gasteiger partial charge in [0.05, 0.1) is 12.3 Å². The Morgan fingerprint density at radius 3 is 2.29 bits per heavy atom. The minimum Gasteiger partial charge on any atom is -0.480 e. The fraction of sp³-hybridized carbons (Fsp3) is 0.385. The van der Waals surface area contributed by atoms with Crippen LogP contribution in [0.15, 0.2) is 48.5 Å². The quantitative estimate of drug-likeness (QED) is 0.608. The number of ether oxygens (including phenoxy) is 1. The van der Waals surface area contributed by atoms with Gasteiger partial charge in [-0.3, -0.25) is 15.0 Å². The van der Waals surface area contributed by atoms with Crippen LogP contribution in [0.1, 0.15) is 49.1 Å². The Morgan fingerprint density at radius 2 is 1.63 bits per heavy atom. The lowest BCUT2D eigenvalue weighted by atomic mass is 9.83. The molecule has 0 bridgehead atoms. The van der Waals surface area contributed by atoms with Crippen LogP contribution in [0.5, 0.6) is 0 Å². The van der Waals surface area contributed by atoms with E-state index >= 15 is 0 Å². The maximum Gasteiger partial charge on any atom is 0.407 e. The van der Waals surface area contributed by atoms with E-state index in [9.17, 15) is 24.3 Å². The lowest BCUT2D eigenvalue weighted by Crippen LogP contribution is -2.54. The van der Waals surface area contributed by atoms with Crippen molar-refractivity contribution in [3.05, 3.63) is 59.7 Å². The average Bonchev–Trinajstić information content (AvgIpc) is 3.41. The molecule has 35 heavy (non-hydrogen) atoms. The lowest BCUT2D eigenvalue weighted by Gasteiger charge is -2.34. The number of rotatable bonds is 5. The molecular formula is C26H27N3O6. The Labute approximate surface area is 202 Å². The second-order valence-corrected chi connectivity index (χ2v) is 9.27. The number of nitrogens with one attached hydrogen (secondary N) is 2. The van der Waals surface area contributed by atoms with Gasteiger partial charge in [0.15, 0.2) is 6.04 Å². The molecule has 3 N–H and O–H groups in total. The standard InChI is InChI=1S/C26H27N3O6/c30-23-13-22(25(32)33)29(28-23)24(31)19-11-5-6-12-21(19)27-26(34)35-14-20-17-9-3-1-7-15(17)16-8-2-4-10-18(16)20/h1-4,7-10,19-22H,5-6,11-14H2,(H,27,34)(H,28,30)(H,32,33). The van der Waals surface area contributed by atoms with Crippen LogP contribution < -0.4 is 10.7 Å². The van der Waals surface area contributed by atoms with Crippen LogP contribution in [0.2, 0.25) is 0 Å². The number of fused-ring (bicyclic) bond motifs is 3. The first-order valence-corrected chi connectivity index (χ1v) is 11.9. The smallest absolute Gasteiger partial charge is 0.407 e. The van der Waals surface area contributed by atoms with Crippen LogP contribution in [0, 0.1) is 5.92 Å². The molecule has 1 saturated heterocycles. The van der Waals surface area contributed by atoms with Gasteiger partial charge in [0, 0.05) is 12.0 Å². The second-order valence-electron chi connectivity index (χ2n) is 9.27. The SMILES string of the molecule is O=C1CC(C(=O)O)N(C(=O)C2CCCCC2NC(=O)OCC2c3ccccc3-c3ccccc32)N1. The van der Waals surface area contributed by atoms with Crippen molar-refractivity contribution < 1.29 is 29.0 Å². The monoisotopic (exact) mass is 477 g/mol. The van der Waals surface area contributed by atoms with Gasteiger partial charge in [0.25, 0.3) is 0 Å². The van der Waals surface area contributed by atoms with E-state index in [0.717, 1.165) is 40.1 Å². The third kappa shape index (κ3) is 4.34. The van der Waals surface area contributed by atoms with Crippen molar-refractivity contribution in [1.29, 1.82) is 0 Å². The van der Waals surface area contributed by atoms with Gasteiger partial charge in [-0.2, -0.15) is 0 Å². The molecule has 3 unspecified atom stereocenters. The van der Waals surface area contributed by atoms with Gasteiger partial charge < -0.3 is 15.2 Å². The number of nitrogens with zero attached hydrogens (tertiary/aromatic N) is 1. The van der Waals surface area contributed by atoms with Crippen LogP contribution in [0.25, 0.3) is 11.1 Å². The first-order chi connectivity index (χ1) is 16.9. The molecule has 0 spiro atoms.